The van der Waals surface area contributed by atoms with Crippen LogP contribution in [0.1, 0.15) is 35.6 Å². The van der Waals surface area contributed by atoms with E-state index < -0.39 is 16.8 Å². The van der Waals surface area contributed by atoms with Crippen LogP contribution < -0.4 is 10.6 Å². The molecule has 4 saturated heterocycles. The van der Waals surface area contributed by atoms with Crippen LogP contribution in [0, 0.1) is 13.8 Å². The van der Waals surface area contributed by atoms with Crippen molar-refractivity contribution in [1.29, 1.82) is 0 Å². The van der Waals surface area contributed by atoms with Crippen molar-refractivity contribution >= 4 is 17.3 Å². The van der Waals surface area contributed by atoms with Crippen LogP contribution in [0.5, 0.6) is 0 Å². The minimum absolute atomic E-state index is 0.0729. The van der Waals surface area contributed by atoms with Gasteiger partial charge in [0.25, 0.3) is 0 Å². The monoisotopic (exact) mass is 492 g/mol. The molecule has 4 fully saturated rings. The van der Waals surface area contributed by atoms with Gasteiger partial charge in [-0.1, -0.05) is 54.6 Å². The van der Waals surface area contributed by atoms with Crippen LogP contribution in [0.2, 0.25) is 0 Å². The molecule has 3 aromatic carbocycles. The van der Waals surface area contributed by atoms with Crippen molar-refractivity contribution in [3.8, 4) is 0 Å². The molecule has 0 bridgehead atoms. The highest BCUT2D eigenvalue weighted by atomic mass is 16.6. The van der Waals surface area contributed by atoms with Crippen molar-refractivity contribution < 1.29 is 9.53 Å². The Labute approximate surface area is 217 Å². The fourth-order valence-corrected chi connectivity index (χ4v) is 8.52. The van der Waals surface area contributed by atoms with Crippen LogP contribution in [0.25, 0.3) is 0 Å². The van der Waals surface area contributed by atoms with Gasteiger partial charge in [-0.25, -0.2) is 0 Å². The summed E-state index contributed by atoms with van der Waals surface area (Å²) in [6, 6.07) is 25.5. The second-order valence-corrected chi connectivity index (χ2v) is 11.8. The molecule has 6 nitrogen and oxygen atoms in total. The Morgan fingerprint density at radius 1 is 1.03 bits per heavy atom. The van der Waals surface area contributed by atoms with E-state index in [1.807, 2.05) is 6.07 Å². The molecule has 5 aliphatic heterocycles. The Hall–Kier alpha value is -3.35. The first-order chi connectivity index (χ1) is 17.9. The Balaban J connectivity index is 1.29. The zero-order valence-corrected chi connectivity index (χ0v) is 21.5. The molecule has 2 N–H and O–H groups in total. The van der Waals surface area contributed by atoms with Gasteiger partial charge in [0.1, 0.15) is 6.10 Å². The maximum atomic E-state index is 14.0. The predicted molar refractivity (Wildman–Crippen MR) is 143 cm³/mol. The van der Waals surface area contributed by atoms with Crippen LogP contribution in [-0.4, -0.2) is 51.6 Å². The van der Waals surface area contributed by atoms with Gasteiger partial charge < -0.3 is 20.3 Å². The van der Waals surface area contributed by atoms with Crippen LogP contribution in [0.3, 0.4) is 0 Å². The van der Waals surface area contributed by atoms with E-state index in [2.05, 4.69) is 108 Å². The lowest BCUT2D eigenvalue weighted by atomic mass is 9.65. The number of hydrogen-bond acceptors (Lipinski definition) is 5. The summed E-state index contributed by atoms with van der Waals surface area (Å²) in [5.41, 5.74) is 5.57. The smallest absolute Gasteiger partial charge is 0.240 e. The lowest BCUT2D eigenvalue weighted by Crippen LogP contribution is -2.78. The first-order valence-corrected chi connectivity index (χ1v) is 13.4. The maximum absolute atomic E-state index is 14.0. The number of nitrogens with zero attached hydrogens (tertiary/aromatic N) is 2. The number of fused-ring (bicyclic) bond motifs is 2. The average Bonchev–Trinajstić information content (AvgIpc) is 3.32. The van der Waals surface area contributed by atoms with Gasteiger partial charge in [0.05, 0.1) is 17.6 Å². The van der Waals surface area contributed by atoms with Gasteiger partial charge in [-0.3, -0.25) is 9.69 Å². The zero-order valence-electron chi connectivity index (χ0n) is 21.5. The van der Waals surface area contributed by atoms with Crippen molar-refractivity contribution in [1.82, 2.24) is 9.80 Å². The fraction of sp³-hybridized carbons (Fsp3) is 0.387. The minimum atomic E-state index is -0.596. The first-order valence-electron chi connectivity index (χ1n) is 13.4. The van der Waals surface area contributed by atoms with Crippen molar-refractivity contribution in [3.63, 3.8) is 0 Å². The maximum Gasteiger partial charge on any atom is 0.240 e. The molecular weight excluding hydrogens is 460 g/mol. The van der Waals surface area contributed by atoms with E-state index in [0.29, 0.717) is 19.5 Å². The number of carbonyl (C=O) groups is 1. The summed E-state index contributed by atoms with van der Waals surface area (Å²) in [6.07, 6.45) is 0.634. The summed E-state index contributed by atoms with van der Waals surface area (Å²) >= 11 is 0. The van der Waals surface area contributed by atoms with E-state index in [-0.39, 0.29) is 24.1 Å². The van der Waals surface area contributed by atoms with Crippen LogP contribution in [0.4, 0.5) is 11.4 Å². The molecule has 0 radical (unpaired) electrons. The van der Waals surface area contributed by atoms with Gasteiger partial charge >= 0.3 is 0 Å². The quantitative estimate of drug-likeness (QED) is 0.566. The third-order valence-corrected chi connectivity index (χ3v) is 9.70. The van der Waals surface area contributed by atoms with Crippen molar-refractivity contribution in [2.75, 3.05) is 17.2 Å². The molecule has 3 unspecified atom stereocenters. The van der Waals surface area contributed by atoms with E-state index in [0.717, 1.165) is 11.4 Å². The van der Waals surface area contributed by atoms with Crippen LogP contribution >= 0.6 is 0 Å². The number of piperazine rings is 1. The van der Waals surface area contributed by atoms with Crippen molar-refractivity contribution in [2.45, 2.75) is 68.7 Å². The van der Waals surface area contributed by atoms with Gasteiger partial charge in [-0.05, 0) is 55.7 Å². The predicted octanol–water partition coefficient (Wildman–Crippen LogP) is 4.39. The molecule has 5 heterocycles. The highest BCUT2D eigenvalue weighted by molar-refractivity contribution is 5.86. The Morgan fingerprint density at radius 2 is 1.76 bits per heavy atom. The number of ether oxygens (including phenoxy) is 1. The topological polar surface area (TPSA) is 56.8 Å². The molecule has 0 aromatic heterocycles. The standard InChI is InChI=1S/C31H32N4O2/c1-19-13-20(2)15-22(14-19)32-31-27-16-25-28(36)34(17-21-9-5-4-6-10-21)18-26(35(25)31)29(3)30(31,37-27)23-11-7-8-12-24(23)33-29/h4-15,25-27,32-33H,16-18H2,1-3H3/t25-,26-,27?,29+,30?,31?/m0/s1. The van der Waals surface area contributed by atoms with Crippen molar-refractivity contribution in [2.24, 2.45) is 0 Å². The molecule has 0 aliphatic carbocycles. The summed E-state index contributed by atoms with van der Waals surface area (Å²) in [7, 11) is 0. The molecule has 5 aliphatic rings. The molecule has 6 atom stereocenters. The van der Waals surface area contributed by atoms with Gasteiger partial charge in [-0.15, -0.1) is 0 Å². The van der Waals surface area contributed by atoms with Crippen LogP contribution in [-0.2, 0) is 21.7 Å². The number of amides is 1. The van der Waals surface area contributed by atoms with Crippen molar-refractivity contribution in [3.05, 3.63) is 95.1 Å². The van der Waals surface area contributed by atoms with E-state index in [4.69, 9.17) is 4.74 Å². The molecule has 6 heteroatoms. The molecule has 0 saturated carbocycles. The molecule has 1 spiro atoms. The summed E-state index contributed by atoms with van der Waals surface area (Å²) in [5, 5.41) is 7.95. The number of aryl methyl sites for hydroxylation is 2. The number of anilines is 2. The van der Waals surface area contributed by atoms with Crippen LogP contribution in [0.15, 0.2) is 72.8 Å². The molecule has 8 rings (SSSR count). The van der Waals surface area contributed by atoms with E-state index >= 15 is 0 Å². The van der Waals surface area contributed by atoms with Gasteiger partial charge in [0.2, 0.25) is 5.91 Å². The molecule has 1 amide bonds. The summed E-state index contributed by atoms with van der Waals surface area (Å²) < 4.78 is 7.03. The lowest BCUT2D eigenvalue weighted by molar-refractivity contribution is -0.279. The summed E-state index contributed by atoms with van der Waals surface area (Å²) in [6.45, 7) is 7.89. The van der Waals surface area contributed by atoms with Gasteiger partial charge in [0.15, 0.2) is 11.3 Å². The largest absolute Gasteiger partial charge is 0.375 e. The second kappa shape index (κ2) is 6.94. The SMILES string of the molecule is Cc1cc(C)cc(NC23C4C[C@H]5C(=O)N(Cc6ccccc6)C[C@H](N52)[C@@]2(C)Nc5ccccc5C32O4)c1. The molecule has 3 aromatic rings. The zero-order chi connectivity index (χ0) is 25.2. The molecule has 37 heavy (non-hydrogen) atoms. The van der Waals surface area contributed by atoms with E-state index in [1.54, 1.807) is 0 Å². The minimum Gasteiger partial charge on any atom is -0.375 e. The fourth-order valence-electron chi connectivity index (χ4n) is 8.52. The lowest BCUT2D eigenvalue weighted by Gasteiger charge is -2.61. The number of nitrogens with one attached hydrogen (secondary N) is 2. The Bertz CT molecular complexity index is 1440. The number of para-hydroxylation sites is 1. The summed E-state index contributed by atoms with van der Waals surface area (Å²) in [4.78, 5) is 18.7. The average molecular weight is 493 g/mol. The normalized spacial score (nSPS) is 36.5. The highest BCUT2D eigenvalue weighted by Gasteiger charge is 2.91. The summed E-state index contributed by atoms with van der Waals surface area (Å²) in [5.74, 6) is 0.215. The third-order valence-electron chi connectivity index (χ3n) is 9.70. The van der Waals surface area contributed by atoms with Gasteiger partial charge in [0, 0.05) is 36.4 Å². The van der Waals surface area contributed by atoms with E-state index in [1.165, 1.54) is 22.3 Å². The first kappa shape index (κ1) is 21.7. The van der Waals surface area contributed by atoms with E-state index in [9.17, 15) is 4.79 Å². The Morgan fingerprint density at radius 3 is 2.54 bits per heavy atom. The van der Waals surface area contributed by atoms with Gasteiger partial charge in [-0.2, -0.15) is 0 Å². The second-order valence-electron chi connectivity index (χ2n) is 11.8. The molecule has 188 valence electrons. The number of hydrogen-bond donors (Lipinski definition) is 2. The Kier molecular flexibility index (Phi) is 4.07. The number of rotatable bonds is 4. The third kappa shape index (κ3) is 2.42. The number of benzene rings is 3. The number of carbonyl (C=O) groups excluding carboxylic acids is 1. The molecular formula is C31H32N4O2. The highest BCUT2D eigenvalue weighted by Crippen LogP contribution is 2.74.